The largest absolute Gasteiger partial charge is 0.507 e. The number of carbonyl (C=O) groups is 2. The Kier molecular flexibility index (Phi) is 6.59. The van der Waals surface area contributed by atoms with Crippen molar-refractivity contribution in [3.05, 3.63) is 83.2 Å². The number of nitrogens with zero attached hydrogens (tertiary/aromatic N) is 2. The molecule has 200 valence electrons. The molecule has 4 atom stereocenters. The van der Waals surface area contributed by atoms with Crippen LogP contribution in [0.25, 0.3) is 22.4 Å². The van der Waals surface area contributed by atoms with Gasteiger partial charge in [0.05, 0.1) is 30.2 Å². The van der Waals surface area contributed by atoms with Crippen LogP contribution in [0.15, 0.2) is 71.9 Å². The number of hydrogen-bond acceptors (Lipinski definition) is 5. The van der Waals surface area contributed by atoms with Gasteiger partial charge in [-0.05, 0) is 71.6 Å². The molecule has 39 heavy (non-hydrogen) atoms. The van der Waals surface area contributed by atoms with Gasteiger partial charge in [0.1, 0.15) is 5.75 Å². The average molecular weight is 523 g/mol. The number of ether oxygens (including phenoxy) is 1. The van der Waals surface area contributed by atoms with E-state index in [9.17, 15) is 14.7 Å². The second-order valence-corrected chi connectivity index (χ2v) is 11.3. The van der Waals surface area contributed by atoms with E-state index < -0.39 is 0 Å². The molecule has 6 rings (SSSR count). The van der Waals surface area contributed by atoms with E-state index in [1.807, 2.05) is 48.5 Å². The third kappa shape index (κ3) is 4.37. The van der Waals surface area contributed by atoms with Crippen molar-refractivity contribution < 1.29 is 19.4 Å². The number of imide groups is 1. The number of aromatic nitrogens is 1. The van der Waals surface area contributed by atoms with Crippen molar-refractivity contribution in [1.82, 2.24) is 9.88 Å². The van der Waals surface area contributed by atoms with Crippen molar-refractivity contribution >= 4 is 34.2 Å². The minimum absolute atomic E-state index is 0.0316. The SMILES string of the molecule is CC(C)C1=C2[C@@H](CC/C(=C/c3ccc(O)c4ccccc34)c3ccccn3)OC[C@@H]2[C@@H]2C(=O)N(C)C(=O)[C@@H]2C1. The molecule has 2 fully saturated rings. The van der Waals surface area contributed by atoms with Crippen molar-refractivity contribution in [2.45, 2.75) is 39.2 Å². The number of fused-ring (bicyclic) bond motifs is 4. The van der Waals surface area contributed by atoms with Crippen LogP contribution < -0.4 is 0 Å². The Morgan fingerprint density at radius 2 is 1.82 bits per heavy atom. The lowest BCUT2D eigenvalue weighted by Gasteiger charge is -2.33. The number of benzene rings is 2. The van der Waals surface area contributed by atoms with Crippen LogP contribution in [0.3, 0.4) is 0 Å². The maximum atomic E-state index is 13.1. The zero-order valence-electron chi connectivity index (χ0n) is 22.6. The molecule has 0 unspecified atom stereocenters. The molecular formula is C33H34N2O4. The zero-order valence-corrected chi connectivity index (χ0v) is 22.6. The monoisotopic (exact) mass is 522 g/mol. The summed E-state index contributed by atoms with van der Waals surface area (Å²) in [7, 11) is 1.61. The maximum Gasteiger partial charge on any atom is 0.233 e. The average Bonchev–Trinajstić information content (AvgIpc) is 3.47. The standard InChI is InChI=1S/C33H34N2O4/c1-19(2)24-17-25-31(33(38)35(3)32(25)37)26-18-39-29(30(24)26)14-12-21(27-10-6-7-15-34-27)16-20-11-13-28(36)23-9-5-4-8-22(20)23/h4-11,13,15-16,19,25-26,29,31,36H,12,14,17-18H2,1-3H3/b21-16-/t25-,26+,29-,31-/m1/s1. The van der Waals surface area contributed by atoms with Crippen LogP contribution in [-0.2, 0) is 14.3 Å². The van der Waals surface area contributed by atoms with Crippen molar-refractivity contribution in [1.29, 1.82) is 0 Å². The highest BCUT2D eigenvalue weighted by molar-refractivity contribution is 6.05. The summed E-state index contributed by atoms with van der Waals surface area (Å²) in [4.78, 5) is 31.9. The van der Waals surface area contributed by atoms with Crippen LogP contribution in [0, 0.1) is 23.7 Å². The highest BCUT2D eigenvalue weighted by atomic mass is 16.5. The summed E-state index contributed by atoms with van der Waals surface area (Å²) in [6.45, 7) is 4.83. The summed E-state index contributed by atoms with van der Waals surface area (Å²) in [6, 6.07) is 17.5. The van der Waals surface area contributed by atoms with Crippen molar-refractivity contribution in [3.63, 3.8) is 0 Å². The lowest BCUT2D eigenvalue weighted by atomic mass is 9.67. The molecule has 0 bridgehead atoms. The van der Waals surface area contributed by atoms with Gasteiger partial charge in [-0.3, -0.25) is 19.5 Å². The molecule has 6 heteroatoms. The number of hydrogen-bond donors (Lipinski definition) is 1. The number of likely N-dealkylation sites (tertiary alicyclic amines) is 1. The molecule has 2 saturated heterocycles. The lowest BCUT2D eigenvalue weighted by Crippen LogP contribution is -2.34. The molecule has 3 heterocycles. The van der Waals surface area contributed by atoms with Crippen molar-refractivity contribution in [2.75, 3.05) is 13.7 Å². The van der Waals surface area contributed by atoms with Gasteiger partial charge in [0.25, 0.3) is 0 Å². The Labute approximate surface area is 229 Å². The number of rotatable bonds is 6. The van der Waals surface area contributed by atoms with E-state index in [-0.39, 0.29) is 47.3 Å². The Morgan fingerprint density at radius 3 is 2.56 bits per heavy atom. The Hall–Kier alpha value is -3.77. The summed E-state index contributed by atoms with van der Waals surface area (Å²) < 4.78 is 6.41. The van der Waals surface area contributed by atoms with E-state index in [2.05, 4.69) is 24.9 Å². The number of pyridine rings is 1. The number of aromatic hydroxyl groups is 1. The van der Waals surface area contributed by atoms with Crippen LogP contribution in [-0.4, -0.2) is 46.6 Å². The first-order chi connectivity index (χ1) is 18.8. The molecule has 1 aromatic heterocycles. The lowest BCUT2D eigenvalue weighted by molar-refractivity contribution is -0.138. The maximum absolute atomic E-state index is 13.1. The summed E-state index contributed by atoms with van der Waals surface area (Å²) in [6.07, 6.45) is 6.02. The highest BCUT2D eigenvalue weighted by Crippen LogP contribution is 2.51. The van der Waals surface area contributed by atoms with Crippen LogP contribution in [0.1, 0.15) is 44.4 Å². The minimum atomic E-state index is -0.306. The van der Waals surface area contributed by atoms with Crippen molar-refractivity contribution in [3.8, 4) is 5.75 Å². The van der Waals surface area contributed by atoms with Crippen LogP contribution in [0.5, 0.6) is 5.75 Å². The van der Waals surface area contributed by atoms with E-state index in [0.717, 1.165) is 40.4 Å². The Morgan fingerprint density at radius 1 is 1.05 bits per heavy atom. The van der Waals surface area contributed by atoms with Gasteiger partial charge in [-0.15, -0.1) is 0 Å². The third-order valence-corrected chi connectivity index (χ3v) is 8.80. The molecule has 3 aromatic rings. The molecular weight excluding hydrogens is 488 g/mol. The highest BCUT2D eigenvalue weighted by Gasteiger charge is 2.56. The normalized spacial score (nSPS) is 25.1. The number of carbonyl (C=O) groups excluding carboxylic acids is 2. The van der Waals surface area contributed by atoms with Gasteiger partial charge in [0, 0.05) is 24.5 Å². The molecule has 0 saturated carbocycles. The van der Waals surface area contributed by atoms with Crippen LogP contribution >= 0.6 is 0 Å². The Bertz CT molecular complexity index is 1510. The quantitative estimate of drug-likeness (QED) is 0.324. The van der Waals surface area contributed by atoms with E-state index >= 15 is 0 Å². The second kappa shape index (κ2) is 10.1. The smallest absolute Gasteiger partial charge is 0.233 e. The van der Waals surface area contributed by atoms with Crippen molar-refractivity contribution in [2.24, 2.45) is 23.7 Å². The van der Waals surface area contributed by atoms with E-state index in [0.29, 0.717) is 13.0 Å². The van der Waals surface area contributed by atoms with Gasteiger partial charge >= 0.3 is 0 Å². The Balaban J connectivity index is 1.34. The zero-order chi connectivity index (χ0) is 27.3. The summed E-state index contributed by atoms with van der Waals surface area (Å²) in [5.74, 6) is -0.157. The summed E-state index contributed by atoms with van der Waals surface area (Å²) in [5.41, 5.74) is 5.55. The van der Waals surface area contributed by atoms with E-state index in [4.69, 9.17) is 4.74 Å². The fraction of sp³-hybridized carbons (Fsp3) is 0.364. The fourth-order valence-corrected chi connectivity index (χ4v) is 6.85. The van der Waals surface area contributed by atoms with Crippen LogP contribution in [0.4, 0.5) is 0 Å². The first kappa shape index (κ1) is 25.5. The molecule has 0 radical (unpaired) electrons. The second-order valence-electron chi connectivity index (χ2n) is 11.3. The first-order valence-electron chi connectivity index (χ1n) is 13.8. The molecule has 1 aliphatic carbocycles. The number of phenolic OH excluding ortho intramolecular Hbond substituents is 1. The van der Waals surface area contributed by atoms with Gasteiger partial charge in [-0.1, -0.05) is 55.8 Å². The van der Waals surface area contributed by atoms with Crippen LogP contribution in [0.2, 0.25) is 0 Å². The third-order valence-electron chi connectivity index (χ3n) is 8.80. The number of phenols is 1. The molecule has 3 aliphatic rings. The number of amides is 2. The molecule has 0 spiro atoms. The molecule has 2 aromatic carbocycles. The van der Waals surface area contributed by atoms with Gasteiger partial charge in [-0.25, -0.2) is 0 Å². The number of allylic oxidation sites excluding steroid dienone is 2. The summed E-state index contributed by atoms with van der Waals surface area (Å²) in [5, 5.41) is 12.2. The van der Waals surface area contributed by atoms with E-state index in [1.54, 1.807) is 19.3 Å². The minimum Gasteiger partial charge on any atom is -0.507 e. The van der Waals surface area contributed by atoms with Gasteiger partial charge < -0.3 is 9.84 Å². The summed E-state index contributed by atoms with van der Waals surface area (Å²) >= 11 is 0. The molecule has 2 aliphatic heterocycles. The van der Waals surface area contributed by atoms with Gasteiger partial charge in [-0.2, -0.15) is 0 Å². The van der Waals surface area contributed by atoms with Gasteiger partial charge in [0.15, 0.2) is 0 Å². The molecule has 6 nitrogen and oxygen atoms in total. The molecule has 2 amide bonds. The fourth-order valence-electron chi connectivity index (χ4n) is 6.85. The topological polar surface area (TPSA) is 79.7 Å². The predicted octanol–water partition coefficient (Wildman–Crippen LogP) is 5.86. The molecule has 1 N–H and O–H groups in total. The van der Waals surface area contributed by atoms with Gasteiger partial charge in [0.2, 0.25) is 11.8 Å². The predicted molar refractivity (Wildman–Crippen MR) is 151 cm³/mol. The first-order valence-corrected chi connectivity index (χ1v) is 13.8. The van der Waals surface area contributed by atoms with E-state index in [1.165, 1.54) is 16.0 Å².